The molecule has 0 radical (unpaired) electrons. The molecule has 0 bridgehead atoms. The van der Waals surface area contributed by atoms with Gasteiger partial charge in [-0.05, 0) is 36.8 Å². The first kappa shape index (κ1) is 18.1. The number of nitrogens with zero attached hydrogens (tertiary/aromatic N) is 3. The van der Waals surface area contributed by atoms with Gasteiger partial charge >= 0.3 is 0 Å². The summed E-state index contributed by atoms with van der Waals surface area (Å²) < 4.78 is 14.9. The lowest BCUT2D eigenvalue weighted by molar-refractivity contribution is -0.113. The van der Waals surface area contributed by atoms with Crippen LogP contribution >= 0.6 is 11.8 Å². The minimum absolute atomic E-state index is 0.170. The Labute approximate surface area is 155 Å². The van der Waals surface area contributed by atoms with Crippen LogP contribution in [0, 0.1) is 5.82 Å². The Morgan fingerprint density at radius 3 is 2.54 bits per heavy atom. The summed E-state index contributed by atoms with van der Waals surface area (Å²) in [4.78, 5) is 12.1. The standard InChI is InChI=1S/C19H19FN4OS/c1-2-24-17(12-14-6-4-3-5-7-14)22-23-19(24)26-13-18(25)21-16-10-8-15(20)9-11-16/h3-11H,2,12-13H2,1H3,(H,21,25). The minimum Gasteiger partial charge on any atom is -0.325 e. The molecule has 3 rings (SSSR count). The lowest BCUT2D eigenvalue weighted by Crippen LogP contribution is -2.14. The summed E-state index contributed by atoms with van der Waals surface area (Å²) >= 11 is 1.34. The van der Waals surface area contributed by atoms with Gasteiger partial charge in [0, 0.05) is 18.7 Å². The molecule has 0 fully saturated rings. The van der Waals surface area contributed by atoms with E-state index in [-0.39, 0.29) is 17.5 Å². The van der Waals surface area contributed by atoms with E-state index in [9.17, 15) is 9.18 Å². The average Bonchev–Trinajstić information content (AvgIpc) is 3.04. The Balaban J connectivity index is 1.61. The van der Waals surface area contributed by atoms with E-state index in [2.05, 4.69) is 27.6 Å². The summed E-state index contributed by atoms with van der Waals surface area (Å²) in [6, 6.07) is 15.8. The van der Waals surface area contributed by atoms with Crippen LogP contribution in [-0.2, 0) is 17.8 Å². The van der Waals surface area contributed by atoms with Crippen molar-refractivity contribution in [1.29, 1.82) is 0 Å². The number of thioether (sulfide) groups is 1. The van der Waals surface area contributed by atoms with Gasteiger partial charge in [0.05, 0.1) is 5.75 Å². The van der Waals surface area contributed by atoms with E-state index >= 15 is 0 Å². The maximum absolute atomic E-state index is 12.9. The van der Waals surface area contributed by atoms with Crippen molar-refractivity contribution < 1.29 is 9.18 Å². The molecular weight excluding hydrogens is 351 g/mol. The molecule has 134 valence electrons. The molecule has 3 aromatic rings. The van der Waals surface area contributed by atoms with Gasteiger partial charge in [0.2, 0.25) is 5.91 Å². The van der Waals surface area contributed by atoms with E-state index in [0.717, 1.165) is 12.4 Å². The van der Waals surface area contributed by atoms with E-state index in [1.807, 2.05) is 29.7 Å². The highest BCUT2D eigenvalue weighted by Gasteiger charge is 2.13. The number of rotatable bonds is 7. The van der Waals surface area contributed by atoms with Crippen LogP contribution in [0.3, 0.4) is 0 Å². The first-order chi connectivity index (χ1) is 12.7. The zero-order valence-corrected chi connectivity index (χ0v) is 15.2. The van der Waals surface area contributed by atoms with E-state index < -0.39 is 0 Å². The second kappa shape index (κ2) is 8.62. The van der Waals surface area contributed by atoms with Crippen LogP contribution in [0.5, 0.6) is 0 Å². The summed E-state index contributed by atoms with van der Waals surface area (Å²) in [5.41, 5.74) is 1.74. The molecule has 7 heteroatoms. The van der Waals surface area contributed by atoms with Crippen molar-refractivity contribution in [3.05, 3.63) is 71.8 Å². The highest BCUT2D eigenvalue weighted by atomic mass is 32.2. The quantitative estimate of drug-likeness (QED) is 0.644. The van der Waals surface area contributed by atoms with Gasteiger partial charge in [-0.3, -0.25) is 4.79 Å². The largest absolute Gasteiger partial charge is 0.325 e. The summed E-state index contributed by atoms with van der Waals surface area (Å²) in [6.45, 7) is 2.76. The topological polar surface area (TPSA) is 59.8 Å². The lowest BCUT2D eigenvalue weighted by Gasteiger charge is -2.08. The fraction of sp³-hybridized carbons (Fsp3) is 0.211. The molecular formula is C19H19FN4OS. The second-order valence-corrected chi connectivity index (χ2v) is 6.59. The first-order valence-electron chi connectivity index (χ1n) is 8.30. The molecule has 26 heavy (non-hydrogen) atoms. The normalized spacial score (nSPS) is 10.7. The molecule has 0 spiro atoms. The molecule has 0 aliphatic heterocycles. The molecule has 0 saturated carbocycles. The maximum Gasteiger partial charge on any atom is 0.234 e. The monoisotopic (exact) mass is 370 g/mol. The van der Waals surface area contributed by atoms with Crippen LogP contribution in [0.15, 0.2) is 59.8 Å². The number of hydrogen-bond donors (Lipinski definition) is 1. The zero-order chi connectivity index (χ0) is 18.4. The molecule has 2 aromatic carbocycles. The number of halogens is 1. The van der Waals surface area contributed by atoms with E-state index in [1.165, 1.54) is 41.6 Å². The predicted molar refractivity (Wildman–Crippen MR) is 101 cm³/mol. The number of carbonyl (C=O) groups is 1. The van der Waals surface area contributed by atoms with Crippen molar-refractivity contribution in [3.63, 3.8) is 0 Å². The Morgan fingerprint density at radius 1 is 1.12 bits per heavy atom. The second-order valence-electron chi connectivity index (χ2n) is 5.65. The van der Waals surface area contributed by atoms with Crippen LogP contribution in [0.25, 0.3) is 0 Å². The van der Waals surface area contributed by atoms with Gasteiger partial charge < -0.3 is 9.88 Å². The Kier molecular flexibility index (Phi) is 6.01. The van der Waals surface area contributed by atoms with Gasteiger partial charge in [-0.2, -0.15) is 0 Å². The number of aromatic nitrogens is 3. The van der Waals surface area contributed by atoms with Gasteiger partial charge in [0.25, 0.3) is 0 Å². The molecule has 0 aliphatic carbocycles. The third-order valence-corrected chi connectivity index (χ3v) is 4.74. The van der Waals surface area contributed by atoms with Gasteiger partial charge in [-0.25, -0.2) is 4.39 Å². The van der Waals surface area contributed by atoms with Crippen LogP contribution in [0.4, 0.5) is 10.1 Å². The predicted octanol–water partition coefficient (Wildman–Crippen LogP) is 3.76. The number of amides is 1. The van der Waals surface area contributed by atoms with E-state index in [1.54, 1.807) is 0 Å². The third kappa shape index (κ3) is 4.70. The van der Waals surface area contributed by atoms with Crippen molar-refractivity contribution in [2.24, 2.45) is 0 Å². The average molecular weight is 370 g/mol. The van der Waals surface area contributed by atoms with Crippen LogP contribution < -0.4 is 5.32 Å². The van der Waals surface area contributed by atoms with Crippen LogP contribution in [0.2, 0.25) is 0 Å². The van der Waals surface area contributed by atoms with Crippen molar-refractivity contribution in [2.75, 3.05) is 11.1 Å². The molecule has 0 unspecified atom stereocenters. The molecule has 1 N–H and O–H groups in total. The van der Waals surface area contributed by atoms with E-state index in [0.29, 0.717) is 17.3 Å². The smallest absolute Gasteiger partial charge is 0.234 e. The number of benzene rings is 2. The van der Waals surface area contributed by atoms with Gasteiger partial charge in [-0.15, -0.1) is 10.2 Å². The van der Waals surface area contributed by atoms with E-state index in [4.69, 9.17) is 0 Å². The molecule has 0 aliphatic rings. The van der Waals surface area contributed by atoms with Crippen LogP contribution in [0.1, 0.15) is 18.3 Å². The zero-order valence-electron chi connectivity index (χ0n) is 14.4. The first-order valence-corrected chi connectivity index (χ1v) is 9.28. The third-order valence-electron chi connectivity index (χ3n) is 3.78. The SMILES string of the molecule is CCn1c(Cc2ccccc2)nnc1SCC(=O)Nc1ccc(F)cc1. The summed E-state index contributed by atoms with van der Waals surface area (Å²) in [6.07, 6.45) is 0.698. The fourth-order valence-electron chi connectivity index (χ4n) is 2.51. The number of carbonyl (C=O) groups excluding carboxylic acids is 1. The summed E-state index contributed by atoms with van der Waals surface area (Å²) in [5, 5.41) is 11.9. The molecule has 0 atom stereocenters. The minimum atomic E-state index is -0.334. The highest BCUT2D eigenvalue weighted by Crippen LogP contribution is 2.19. The van der Waals surface area contributed by atoms with Crippen molar-refractivity contribution >= 4 is 23.4 Å². The van der Waals surface area contributed by atoms with Crippen LogP contribution in [-0.4, -0.2) is 26.4 Å². The summed E-state index contributed by atoms with van der Waals surface area (Å²) in [5.74, 6) is 0.581. The van der Waals surface area contributed by atoms with Crippen molar-refractivity contribution in [1.82, 2.24) is 14.8 Å². The van der Waals surface area contributed by atoms with Crippen molar-refractivity contribution in [3.8, 4) is 0 Å². The van der Waals surface area contributed by atoms with Gasteiger partial charge in [0.15, 0.2) is 5.16 Å². The van der Waals surface area contributed by atoms with Gasteiger partial charge in [0.1, 0.15) is 11.6 Å². The molecule has 0 saturated heterocycles. The fourth-order valence-corrected chi connectivity index (χ4v) is 3.33. The Morgan fingerprint density at radius 2 is 1.85 bits per heavy atom. The summed E-state index contributed by atoms with van der Waals surface area (Å²) in [7, 11) is 0. The van der Waals surface area contributed by atoms with Gasteiger partial charge in [-0.1, -0.05) is 42.1 Å². The number of anilines is 1. The lowest BCUT2D eigenvalue weighted by atomic mass is 10.1. The molecule has 1 heterocycles. The molecule has 5 nitrogen and oxygen atoms in total. The highest BCUT2D eigenvalue weighted by molar-refractivity contribution is 7.99. The molecule has 1 aromatic heterocycles. The molecule has 1 amide bonds. The number of hydrogen-bond acceptors (Lipinski definition) is 4. The Bertz CT molecular complexity index is 865. The number of nitrogens with one attached hydrogen (secondary N) is 1. The Hall–Kier alpha value is -2.67. The van der Waals surface area contributed by atoms with Crippen molar-refractivity contribution in [2.45, 2.75) is 25.0 Å². The maximum atomic E-state index is 12.9.